The van der Waals surface area contributed by atoms with Crippen LogP contribution in [0.2, 0.25) is 0 Å². The van der Waals surface area contributed by atoms with Gasteiger partial charge >= 0.3 is 5.97 Å². The number of carbonyl (C=O) groups is 2. The molecule has 6 heteroatoms. The molecule has 104 valence electrons. The van der Waals surface area contributed by atoms with Gasteiger partial charge in [-0.25, -0.2) is 5.01 Å². The molecule has 1 amide bonds. The van der Waals surface area contributed by atoms with Crippen molar-refractivity contribution in [3.8, 4) is 0 Å². The third-order valence-electron chi connectivity index (χ3n) is 3.80. The summed E-state index contributed by atoms with van der Waals surface area (Å²) in [6.07, 6.45) is 2.63. The number of hydrogen-bond donors (Lipinski definition) is 3. The molecule has 0 aromatic heterocycles. The molecule has 4 N–H and O–H groups in total. The van der Waals surface area contributed by atoms with E-state index in [4.69, 9.17) is 5.73 Å². The molecule has 18 heavy (non-hydrogen) atoms. The van der Waals surface area contributed by atoms with Gasteiger partial charge in [0.1, 0.15) is 0 Å². The summed E-state index contributed by atoms with van der Waals surface area (Å²) in [6.45, 7) is 5.58. The average Bonchev–Trinajstić information content (AvgIpc) is 2.48. The summed E-state index contributed by atoms with van der Waals surface area (Å²) in [6, 6.07) is 0. The van der Waals surface area contributed by atoms with E-state index in [0.29, 0.717) is 19.4 Å². The molecule has 1 rings (SSSR count). The highest BCUT2D eigenvalue weighted by molar-refractivity contribution is 5.82. The molecule has 1 aliphatic heterocycles. The van der Waals surface area contributed by atoms with Gasteiger partial charge in [-0.3, -0.25) is 15.0 Å². The molecule has 1 fully saturated rings. The molecule has 0 aromatic rings. The molecule has 0 aliphatic carbocycles. The topological polar surface area (TPSA) is 95.7 Å². The Morgan fingerprint density at radius 2 is 2.11 bits per heavy atom. The van der Waals surface area contributed by atoms with Crippen molar-refractivity contribution in [3.63, 3.8) is 0 Å². The Morgan fingerprint density at radius 1 is 1.50 bits per heavy atom. The lowest BCUT2D eigenvalue weighted by atomic mass is 9.76. The fourth-order valence-corrected chi connectivity index (χ4v) is 2.71. The second-order valence-corrected chi connectivity index (χ2v) is 5.26. The van der Waals surface area contributed by atoms with Gasteiger partial charge < -0.3 is 10.8 Å². The number of carboxylic acids is 1. The number of amides is 1. The van der Waals surface area contributed by atoms with Crippen LogP contribution in [0.25, 0.3) is 0 Å². The Hall–Kier alpha value is -1.14. The van der Waals surface area contributed by atoms with Crippen LogP contribution >= 0.6 is 0 Å². The molecule has 2 atom stereocenters. The van der Waals surface area contributed by atoms with Crippen LogP contribution in [0.1, 0.15) is 46.5 Å². The SMILES string of the molecule is CCCC[C@]1(C(=O)O)N(NC(C)=O)CC[C@@]1(C)N. The Bertz CT molecular complexity index is 343. The van der Waals surface area contributed by atoms with Crippen LogP contribution in [-0.4, -0.2) is 39.6 Å². The largest absolute Gasteiger partial charge is 0.480 e. The third kappa shape index (κ3) is 2.35. The van der Waals surface area contributed by atoms with E-state index in [9.17, 15) is 14.7 Å². The van der Waals surface area contributed by atoms with E-state index < -0.39 is 17.0 Å². The molecule has 0 spiro atoms. The number of nitrogens with two attached hydrogens (primary N) is 1. The number of nitrogens with one attached hydrogen (secondary N) is 1. The van der Waals surface area contributed by atoms with Gasteiger partial charge in [0.2, 0.25) is 5.91 Å². The Kier molecular flexibility index (Phi) is 4.34. The molecule has 1 heterocycles. The van der Waals surface area contributed by atoms with Crippen molar-refractivity contribution < 1.29 is 14.7 Å². The molecule has 0 radical (unpaired) electrons. The second-order valence-electron chi connectivity index (χ2n) is 5.26. The van der Waals surface area contributed by atoms with Crippen molar-refractivity contribution in [1.82, 2.24) is 10.4 Å². The van der Waals surface area contributed by atoms with Gasteiger partial charge in [-0.1, -0.05) is 19.8 Å². The van der Waals surface area contributed by atoms with Crippen molar-refractivity contribution in [1.29, 1.82) is 0 Å². The number of nitrogens with zero attached hydrogens (tertiary/aromatic N) is 1. The smallest absolute Gasteiger partial charge is 0.327 e. The molecule has 1 aliphatic rings. The molecule has 0 saturated carbocycles. The van der Waals surface area contributed by atoms with Crippen LogP contribution in [-0.2, 0) is 9.59 Å². The first-order valence-corrected chi connectivity index (χ1v) is 6.35. The first-order valence-electron chi connectivity index (χ1n) is 6.35. The number of hydrazine groups is 1. The fourth-order valence-electron chi connectivity index (χ4n) is 2.71. The van der Waals surface area contributed by atoms with Gasteiger partial charge in [0.15, 0.2) is 5.54 Å². The molecule has 0 aromatic carbocycles. The van der Waals surface area contributed by atoms with Crippen LogP contribution in [0, 0.1) is 0 Å². The highest BCUT2D eigenvalue weighted by Crippen LogP contribution is 2.39. The lowest BCUT2D eigenvalue weighted by Crippen LogP contribution is -2.69. The van der Waals surface area contributed by atoms with E-state index in [0.717, 1.165) is 12.8 Å². The van der Waals surface area contributed by atoms with Gasteiger partial charge in [-0.15, -0.1) is 0 Å². The maximum absolute atomic E-state index is 11.8. The predicted octanol–water partition coefficient (Wildman–Crippen LogP) is 0.474. The molecular formula is C12H23N3O3. The molecule has 0 bridgehead atoms. The zero-order chi connectivity index (χ0) is 14.0. The van der Waals surface area contributed by atoms with Gasteiger partial charge in [0.25, 0.3) is 0 Å². The van der Waals surface area contributed by atoms with Crippen LogP contribution in [0.4, 0.5) is 0 Å². The number of carboxylic acid groups (broad SMARTS) is 1. The zero-order valence-corrected chi connectivity index (χ0v) is 11.3. The van der Waals surface area contributed by atoms with Crippen molar-refractivity contribution in [2.75, 3.05) is 6.54 Å². The highest BCUT2D eigenvalue weighted by atomic mass is 16.4. The molecule has 0 unspecified atom stereocenters. The Morgan fingerprint density at radius 3 is 2.56 bits per heavy atom. The standard InChI is InChI=1S/C12H23N3O3/c1-4-5-6-12(10(17)18)11(3,13)7-8-15(12)14-9(2)16/h4-8,13H2,1-3H3,(H,14,16)(H,17,18)/t11-,12-/m1/s1. The summed E-state index contributed by atoms with van der Waals surface area (Å²) in [5, 5.41) is 11.1. The normalized spacial score (nSPS) is 32.4. The van der Waals surface area contributed by atoms with E-state index in [1.54, 1.807) is 6.92 Å². The van der Waals surface area contributed by atoms with E-state index in [1.165, 1.54) is 11.9 Å². The first kappa shape index (κ1) is 14.9. The van der Waals surface area contributed by atoms with Gasteiger partial charge in [-0.2, -0.15) is 0 Å². The third-order valence-corrected chi connectivity index (χ3v) is 3.80. The Balaban J connectivity index is 3.10. The first-order chi connectivity index (χ1) is 8.28. The lowest BCUT2D eigenvalue weighted by molar-refractivity contribution is -0.157. The minimum Gasteiger partial charge on any atom is -0.480 e. The van der Waals surface area contributed by atoms with Crippen molar-refractivity contribution in [2.24, 2.45) is 5.73 Å². The van der Waals surface area contributed by atoms with Gasteiger partial charge in [0, 0.05) is 19.0 Å². The number of rotatable bonds is 5. The maximum atomic E-state index is 11.8. The van der Waals surface area contributed by atoms with E-state index in [2.05, 4.69) is 5.43 Å². The number of unbranched alkanes of at least 4 members (excludes halogenated alkanes) is 1. The number of carbonyl (C=O) groups excluding carboxylic acids is 1. The van der Waals surface area contributed by atoms with Crippen LogP contribution in [0.5, 0.6) is 0 Å². The molecule has 1 saturated heterocycles. The van der Waals surface area contributed by atoms with E-state index >= 15 is 0 Å². The summed E-state index contributed by atoms with van der Waals surface area (Å²) in [4.78, 5) is 23.0. The average molecular weight is 257 g/mol. The van der Waals surface area contributed by atoms with Crippen molar-refractivity contribution >= 4 is 11.9 Å². The van der Waals surface area contributed by atoms with Crippen LogP contribution in [0.15, 0.2) is 0 Å². The van der Waals surface area contributed by atoms with Crippen LogP contribution in [0.3, 0.4) is 0 Å². The second kappa shape index (κ2) is 5.24. The Labute approximate surface area is 107 Å². The van der Waals surface area contributed by atoms with Crippen molar-refractivity contribution in [2.45, 2.75) is 57.5 Å². The monoisotopic (exact) mass is 257 g/mol. The summed E-state index contributed by atoms with van der Waals surface area (Å²) in [5.41, 5.74) is 6.74. The number of aliphatic carboxylic acids is 1. The van der Waals surface area contributed by atoms with E-state index in [-0.39, 0.29) is 5.91 Å². The summed E-state index contributed by atoms with van der Waals surface area (Å²) in [7, 11) is 0. The summed E-state index contributed by atoms with van der Waals surface area (Å²) in [5.74, 6) is -1.23. The molecular weight excluding hydrogens is 234 g/mol. The fraction of sp³-hybridized carbons (Fsp3) is 0.833. The minimum atomic E-state index is -1.21. The highest BCUT2D eigenvalue weighted by Gasteiger charge is 2.60. The quantitative estimate of drug-likeness (QED) is 0.665. The zero-order valence-electron chi connectivity index (χ0n) is 11.3. The van der Waals surface area contributed by atoms with Crippen LogP contribution < -0.4 is 11.2 Å². The van der Waals surface area contributed by atoms with Gasteiger partial charge in [-0.05, 0) is 19.8 Å². The number of hydrogen-bond acceptors (Lipinski definition) is 4. The maximum Gasteiger partial charge on any atom is 0.327 e. The minimum absolute atomic E-state index is 0.269. The summed E-state index contributed by atoms with van der Waals surface area (Å²) >= 11 is 0. The van der Waals surface area contributed by atoms with Gasteiger partial charge in [0.05, 0.1) is 0 Å². The van der Waals surface area contributed by atoms with E-state index in [1.807, 2.05) is 6.92 Å². The van der Waals surface area contributed by atoms with Crippen molar-refractivity contribution in [3.05, 3.63) is 0 Å². The molecule has 6 nitrogen and oxygen atoms in total. The summed E-state index contributed by atoms with van der Waals surface area (Å²) < 4.78 is 0. The predicted molar refractivity (Wildman–Crippen MR) is 67.6 cm³/mol. The lowest BCUT2D eigenvalue weighted by Gasteiger charge is -2.42.